The van der Waals surface area contributed by atoms with Crippen LogP contribution in [0.3, 0.4) is 0 Å². The Morgan fingerprint density at radius 3 is 2.36 bits per heavy atom. The summed E-state index contributed by atoms with van der Waals surface area (Å²) in [4.78, 5) is 0. The fourth-order valence-electron chi connectivity index (χ4n) is 2.61. The van der Waals surface area contributed by atoms with Crippen molar-refractivity contribution in [2.75, 3.05) is 0 Å². The van der Waals surface area contributed by atoms with Crippen LogP contribution in [-0.2, 0) is 19.7 Å². The number of aryl methyl sites for hydroxylation is 1. The number of halogens is 1. The van der Waals surface area contributed by atoms with E-state index in [2.05, 4.69) is 48.6 Å². The minimum atomic E-state index is 0.549. The van der Waals surface area contributed by atoms with Crippen molar-refractivity contribution < 1.29 is 4.74 Å². The molecule has 3 aromatic rings. The lowest BCUT2D eigenvalue weighted by Crippen LogP contribution is -2.13. The minimum absolute atomic E-state index is 0.549. The molecule has 0 spiro atoms. The summed E-state index contributed by atoms with van der Waals surface area (Å²) >= 11 is 6.16. The smallest absolute Gasteiger partial charge is 0.124 e. The molecule has 0 saturated carbocycles. The number of benzene rings is 3. The second-order valence-electron chi connectivity index (χ2n) is 6.12. The molecule has 3 rings (SSSR count). The molecule has 3 heteroatoms. The maximum absolute atomic E-state index is 6.16. The van der Waals surface area contributed by atoms with Gasteiger partial charge in [-0.1, -0.05) is 71.8 Å². The standard InChI is InChI=1S/C22H22ClNO/c1-17-7-9-18(10-8-17)14-24-15-20-13-21(23)11-12-22(20)25-16-19-5-3-2-4-6-19/h2-13,24H,14-16H2,1H3. The second-order valence-corrected chi connectivity index (χ2v) is 6.55. The predicted molar refractivity (Wildman–Crippen MR) is 104 cm³/mol. The van der Waals surface area contributed by atoms with Crippen molar-refractivity contribution >= 4 is 11.6 Å². The molecule has 2 nitrogen and oxygen atoms in total. The van der Waals surface area contributed by atoms with E-state index in [1.54, 1.807) is 0 Å². The molecule has 0 atom stereocenters. The van der Waals surface area contributed by atoms with Crippen LogP contribution in [0.4, 0.5) is 0 Å². The van der Waals surface area contributed by atoms with Gasteiger partial charge in [-0.25, -0.2) is 0 Å². The Bertz CT molecular complexity index is 800. The zero-order valence-corrected chi connectivity index (χ0v) is 15.1. The van der Waals surface area contributed by atoms with Gasteiger partial charge in [-0.3, -0.25) is 0 Å². The van der Waals surface area contributed by atoms with E-state index in [1.165, 1.54) is 11.1 Å². The van der Waals surface area contributed by atoms with E-state index >= 15 is 0 Å². The summed E-state index contributed by atoms with van der Waals surface area (Å²) in [5, 5.41) is 4.19. The topological polar surface area (TPSA) is 21.3 Å². The highest BCUT2D eigenvalue weighted by Crippen LogP contribution is 2.24. The Kier molecular flexibility index (Phi) is 6.10. The first-order valence-corrected chi connectivity index (χ1v) is 8.80. The van der Waals surface area contributed by atoms with Gasteiger partial charge in [-0.2, -0.15) is 0 Å². The molecule has 0 fully saturated rings. The van der Waals surface area contributed by atoms with Crippen molar-refractivity contribution in [2.24, 2.45) is 0 Å². The van der Waals surface area contributed by atoms with Crippen LogP contribution < -0.4 is 10.1 Å². The average molecular weight is 352 g/mol. The second kappa shape index (κ2) is 8.70. The Morgan fingerprint density at radius 2 is 1.60 bits per heavy atom. The van der Waals surface area contributed by atoms with E-state index in [-0.39, 0.29) is 0 Å². The molecule has 0 radical (unpaired) electrons. The Hall–Kier alpha value is -2.29. The first kappa shape index (κ1) is 17.5. The van der Waals surface area contributed by atoms with Crippen LogP contribution in [0.1, 0.15) is 22.3 Å². The molecule has 0 aromatic heterocycles. The van der Waals surface area contributed by atoms with Gasteiger partial charge in [-0.05, 0) is 36.2 Å². The van der Waals surface area contributed by atoms with Gasteiger partial charge in [0, 0.05) is 23.7 Å². The van der Waals surface area contributed by atoms with Crippen LogP contribution >= 0.6 is 11.6 Å². The predicted octanol–water partition coefficient (Wildman–Crippen LogP) is 5.52. The fourth-order valence-corrected chi connectivity index (χ4v) is 2.80. The highest BCUT2D eigenvalue weighted by atomic mass is 35.5. The molecular formula is C22H22ClNO. The first-order valence-electron chi connectivity index (χ1n) is 8.42. The third kappa shape index (κ3) is 5.35. The van der Waals surface area contributed by atoms with Gasteiger partial charge in [0.2, 0.25) is 0 Å². The Labute approximate surface area is 154 Å². The molecule has 0 aliphatic heterocycles. The van der Waals surface area contributed by atoms with Gasteiger partial charge in [0.1, 0.15) is 12.4 Å². The molecule has 25 heavy (non-hydrogen) atoms. The summed E-state index contributed by atoms with van der Waals surface area (Å²) in [7, 11) is 0. The van der Waals surface area contributed by atoms with Crippen molar-refractivity contribution in [3.05, 3.63) is 100 Å². The lowest BCUT2D eigenvalue weighted by molar-refractivity contribution is 0.302. The molecule has 128 valence electrons. The highest BCUT2D eigenvalue weighted by molar-refractivity contribution is 6.30. The molecule has 0 unspecified atom stereocenters. The SMILES string of the molecule is Cc1ccc(CNCc2cc(Cl)ccc2OCc2ccccc2)cc1. The average Bonchev–Trinajstić information content (AvgIpc) is 2.63. The maximum atomic E-state index is 6.16. The molecule has 0 heterocycles. The number of hydrogen-bond donors (Lipinski definition) is 1. The molecule has 0 aliphatic carbocycles. The van der Waals surface area contributed by atoms with E-state index in [4.69, 9.17) is 16.3 Å². The molecule has 0 bridgehead atoms. The van der Waals surface area contributed by atoms with E-state index in [9.17, 15) is 0 Å². The van der Waals surface area contributed by atoms with Crippen molar-refractivity contribution in [3.8, 4) is 5.75 Å². The number of ether oxygens (including phenoxy) is 1. The van der Waals surface area contributed by atoms with Crippen molar-refractivity contribution in [2.45, 2.75) is 26.6 Å². The minimum Gasteiger partial charge on any atom is -0.489 e. The first-order chi connectivity index (χ1) is 12.2. The van der Waals surface area contributed by atoms with E-state index in [0.717, 1.165) is 28.4 Å². The van der Waals surface area contributed by atoms with Crippen molar-refractivity contribution in [1.82, 2.24) is 5.32 Å². The Balaban J connectivity index is 1.61. The van der Waals surface area contributed by atoms with Crippen LogP contribution in [0.25, 0.3) is 0 Å². The lowest BCUT2D eigenvalue weighted by Gasteiger charge is -2.13. The van der Waals surface area contributed by atoms with Crippen LogP contribution in [0.2, 0.25) is 5.02 Å². The maximum Gasteiger partial charge on any atom is 0.124 e. The summed E-state index contributed by atoms with van der Waals surface area (Å²) < 4.78 is 6.00. The Morgan fingerprint density at radius 1 is 0.840 bits per heavy atom. The van der Waals surface area contributed by atoms with Crippen molar-refractivity contribution in [1.29, 1.82) is 0 Å². The number of rotatable bonds is 7. The van der Waals surface area contributed by atoms with Crippen LogP contribution in [0.15, 0.2) is 72.8 Å². The third-order valence-corrected chi connectivity index (χ3v) is 4.26. The molecule has 0 saturated heterocycles. The zero-order valence-electron chi connectivity index (χ0n) is 14.3. The molecular weight excluding hydrogens is 330 g/mol. The zero-order chi connectivity index (χ0) is 17.5. The van der Waals surface area contributed by atoms with Crippen LogP contribution in [-0.4, -0.2) is 0 Å². The molecule has 1 N–H and O–H groups in total. The molecule has 0 amide bonds. The quantitative estimate of drug-likeness (QED) is 0.605. The van der Waals surface area contributed by atoms with Gasteiger partial charge in [0.25, 0.3) is 0 Å². The monoisotopic (exact) mass is 351 g/mol. The summed E-state index contributed by atoms with van der Waals surface area (Å²) in [5.41, 5.74) is 4.75. The van der Waals surface area contributed by atoms with E-state index in [1.807, 2.05) is 36.4 Å². The van der Waals surface area contributed by atoms with Gasteiger partial charge in [0.15, 0.2) is 0 Å². The highest BCUT2D eigenvalue weighted by Gasteiger charge is 2.06. The lowest BCUT2D eigenvalue weighted by atomic mass is 10.1. The summed E-state index contributed by atoms with van der Waals surface area (Å²) in [6.45, 7) is 4.16. The number of nitrogens with one attached hydrogen (secondary N) is 1. The summed E-state index contributed by atoms with van der Waals surface area (Å²) in [6.07, 6.45) is 0. The normalized spacial score (nSPS) is 10.6. The molecule has 3 aromatic carbocycles. The number of hydrogen-bond acceptors (Lipinski definition) is 2. The summed E-state index contributed by atoms with van der Waals surface area (Å²) in [5.74, 6) is 0.865. The van der Waals surface area contributed by atoms with E-state index < -0.39 is 0 Å². The van der Waals surface area contributed by atoms with Gasteiger partial charge in [0.05, 0.1) is 0 Å². The summed E-state index contributed by atoms with van der Waals surface area (Å²) in [6, 6.07) is 24.5. The fraction of sp³-hybridized carbons (Fsp3) is 0.182. The largest absolute Gasteiger partial charge is 0.489 e. The van der Waals surface area contributed by atoms with Gasteiger partial charge >= 0.3 is 0 Å². The third-order valence-electron chi connectivity index (χ3n) is 4.02. The van der Waals surface area contributed by atoms with Gasteiger partial charge < -0.3 is 10.1 Å². The van der Waals surface area contributed by atoms with E-state index in [0.29, 0.717) is 13.2 Å². The van der Waals surface area contributed by atoms with Crippen LogP contribution in [0, 0.1) is 6.92 Å². The van der Waals surface area contributed by atoms with Crippen molar-refractivity contribution in [3.63, 3.8) is 0 Å². The van der Waals surface area contributed by atoms with Crippen LogP contribution in [0.5, 0.6) is 5.75 Å². The molecule has 0 aliphatic rings. The van der Waals surface area contributed by atoms with Gasteiger partial charge in [-0.15, -0.1) is 0 Å².